The maximum absolute atomic E-state index is 9.25. The average Bonchev–Trinajstić information content (AvgIpc) is 2.24. The Hall–Kier alpha value is -1.05. The standard InChI is InChI=1S/C10H20.C3H4O2/c1-3-5-7-9-10-8-6-4-2;1-2-3(4)5/h3H,1,4-10H2,2H3;2H,1H2,(H,4,5). The van der Waals surface area contributed by atoms with Crippen molar-refractivity contribution < 1.29 is 9.90 Å². The first-order valence-electron chi connectivity index (χ1n) is 5.65. The molecule has 88 valence electrons. The van der Waals surface area contributed by atoms with Crippen molar-refractivity contribution in [1.29, 1.82) is 0 Å². The lowest BCUT2D eigenvalue weighted by Gasteiger charge is -1.96. The molecule has 0 aliphatic heterocycles. The summed E-state index contributed by atoms with van der Waals surface area (Å²) in [7, 11) is 0. The second-order valence-corrected chi connectivity index (χ2v) is 3.39. The molecule has 0 aliphatic carbocycles. The molecule has 15 heavy (non-hydrogen) atoms. The van der Waals surface area contributed by atoms with Crippen LogP contribution in [0.3, 0.4) is 0 Å². The number of aliphatic carboxylic acids is 1. The van der Waals surface area contributed by atoms with Gasteiger partial charge < -0.3 is 5.11 Å². The zero-order valence-electron chi connectivity index (χ0n) is 9.87. The third-order valence-corrected chi connectivity index (χ3v) is 1.94. The van der Waals surface area contributed by atoms with Crippen LogP contribution in [0.1, 0.15) is 51.9 Å². The van der Waals surface area contributed by atoms with E-state index in [1.54, 1.807) is 0 Å². The summed E-state index contributed by atoms with van der Waals surface area (Å²) < 4.78 is 0. The van der Waals surface area contributed by atoms with Crippen LogP contribution in [0.4, 0.5) is 0 Å². The van der Waals surface area contributed by atoms with Crippen molar-refractivity contribution in [2.75, 3.05) is 0 Å². The quantitative estimate of drug-likeness (QED) is 0.372. The monoisotopic (exact) mass is 212 g/mol. The number of carboxylic acid groups (broad SMARTS) is 1. The number of hydrogen-bond acceptors (Lipinski definition) is 1. The van der Waals surface area contributed by atoms with Crippen LogP contribution >= 0.6 is 0 Å². The van der Waals surface area contributed by atoms with Crippen LogP contribution in [0, 0.1) is 0 Å². The second-order valence-electron chi connectivity index (χ2n) is 3.39. The van der Waals surface area contributed by atoms with Crippen LogP contribution in [0.15, 0.2) is 25.3 Å². The van der Waals surface area contributed by atoms with Gasteiger partial charge in [0, 0.05) is 6.08 Å². The van der Waals surface area contributed by atoms with Gasteiger partial charge >= 0.3 is 5.97 Å². The van der Waals surface area contributed by atoms with E-state index >= 15 is 0 Å². The summed E-state index contributed by atoms with van der Waals surface area (Å²) >= 11 is 0. The molecule has 2 nitrogen and oxygen atoms in total. The maximum Gasteiger partial charge on any atom is 0.327 e. The van der Waals surface area contributed by atoms with Gasteiger partial charge in [0.1, 0.15) is 0 Å². The molecule has 0 fully saturated rings. The number of allylic oxidation sites excluding steroid dienone is 1. The topological polar surface area (TPSA) is 37.3 Å². The van der Waals surface area contributed by atoms with Gasteiger partial charge in [0.2, 0.25) is 0 Å². The SMILES string of the molecule is C=CC(=O)O.C=CCCCCCCCC. The minimum Gasteiger partial charge on any atom is -0.478 e. The van der Waals surface area contributed by atoms with E-state index in [9.17, 15) is 4.79 Å². The molecule has 0 heterocycles. The Morgan fingerprint density at radius 2 is 1.60 bits per heavy atom. The minimum atomic E-state index is -0.981. The molecule has 0 saturated carbocycles. The zero-order chi connectivity index (χ0) is 11.9. The van der Waals surface area contributed by atoms with Gasteiger partial charge in [-0.05, 0) is 12.8 Å². The fraction of sp³-hybridized carbons (Fsp3) is 0.615. The van der Waals surface area contributed by atoms with E-state index in [4.69, 9.17) is 5.11 Å². The van der Waals surface area contributed by atoms with Gasteiger partial charge in [-0.2, -0.15) is 0 Å². The first kappa shape index (κ1) is 16.4. The van der Waals surface area contributed by atoms with Crippen LogP contribution in [0.5, 0.6) is 0 Å². The molecule has 0 aliphatic rings. The van der Waals surface area contributed by atoms with Gasteiger partial charge in [-0.25, -0.2) is 4.79 Å². The highest BCUT2D eigenvalue weighted by atomic mass is 16.4. The summed E-state index contributed by atoms with van der Waals surface area (Å²) in [5, 5.41) is 7.60. The Labute approximate surface area is 93.7 Å². The van der Waals surface area contributed by atoms with Crippen molar-refractivity contribution in [1.82, 2.24) is 0 Å². The van der Waals surface area contributed by atoms with Crippen molar-refractivity contribution in [2.45, 2.75) is 51.9 Å². The molecule has 0 rings (SSSR count). The van der Waals surface area contributed by atoms with Gasteiger partial charge in [-0.3, -0.25) is 0 Å². The van der Waals surface area contributed by atoms with E-state index < -0.39 is 5.97 Å². The van der Waals surface area contributed by atoms with Crippen LogP contribution in [0.2, 0.25) is 0 Å². The van der Waals surface area contributed by atoms with Gasteiger partial charge in [-0.1, -0.05) is 51.7 Å². The van der Waals surface area contributed by atoms with Crippen molar-refractivity contribution >= 4 is 5.97 Å². The van der Waals surface area contributed by atoms with Crippen molar-refractivity contribution in [3.05, 3.63) is 25.3 Å². The van der Waals surface area contributed by atoms with Gasteiger partial charge in [0.05, 0.1) is 0 Å². The fourth-order valence-corrected chi connectivity index (χ4v) is 1.07. The van der Waals surface area contributed by atoms with E-state index in [2.05, 4.69) is 20.1 Å². The molecule has 0 aromatic carbocycles. The summed E-state index contributed by atoms with van der Waals surface area (Å²) in [4.78, 5) is 9.25. The molecule has 0 bridgehead atoms. The number of rotatable bonds is 8. The molecule has 0 unspecified atom stereocenters. The number of hydrogen-bond donors (Lipinski definition) is 1. The lowest BCUT2D eigenvalue weighted by atomic mass is 10.1. The highest BCUT2D eigenvalue weighted by Crippen LogP contribution is 2.06. The second kappa shape index (κ2) is 15.4. The highest BCUT2D eigenvalue weighted by molar-refractivity contribution is 5.78. The van der Waals surface area contributed by atoms with Crippen molar-refractivity contribution in [2.24, 2.45) is 0 Å². The number of carbonyl (C=O) groups is 1. The van der Waals surface area contributed by atoms with E-state index in [0.717, 1.165) is 6.08 Å². The first-order valence-corrected chi connectivity index (χ1v) is 5.65. The Morgan fingerprint density at radius 1 is 1.13 bits per heavy atom. The lowest BCUT2D eigenvalue weighted by molar-refractivity contribution is -0.131. The molecule has 0 saturated heterocycles. The van der Waals surface area contributed by atoms with Gasteiger partial charge in [0.15, 0.2) is 0 Å². The lowest BCUT2D eigenvalue weighted by Crippen LogP contribution is -1.82. The van der Waals surface area contributed by atoms with E-state index in [1.807, 2.05) is 6.08 Å². The molecule has 0 aromatic heterocycles. The normalized spacial score (nSPS) is 8.60. The predicted molar refractivity (Wildman–Crippen MR) is 66.0 cm³/mol. The summed E-state index contributed by atoms with van der Waals surface area (Å²) in [6.45, 7) is 8.91. The zero-order valence-corrected chi connectivity index (χ0v) is 9.87. The fourth-order valence-electron chi connectivity index (χ4n) is 1.07. The van der Waals surface area contributed by atoms with Gasteiger partial charge in [-0.15, -0.1) is 6.58 Å². The smallest absolute Gasteiger partial charge is 0.327 e. The Balaban J connectivity index is 0. The Morgan fingerprint density at radius 3 is 2.00 bits per heavy atom. The molecular formula is C13H24O2. The molecule has 1 N–H and O–H groups in total. The first-order chi connectivity index (χ1) is 7.18. The van der Waals surface area contributed by atoms with E-state index in [-0.39, 0.29) is 0 Å². The number of carboxylic acids is 1. The molecule has 0 aromatic rings. The van der Waals surface area contributed by atoms with Crippen LogP contribution in [-0.4, -0.2) is 11.1 Å². The van der Waals surface area contributed by atoms with E-state index in [0.29, 0.717) is 0 Å². The maximum atomic E-state index is 9.25. The van der Waals surface area contributed by atoms with Crippen molar-refractivity contribution in [3.63, 3.8) is 0 Å². The van der Waals surface area contributed by atoms with Crippen LogP contribution in [-0.2, 0) is 4.79 Å². The van der Waals surface area contributed by atoms with Crippen LogP contribution in [0.25, 0.3) is 0 Å². The highest BCUT2D eigenvalue weighted by Gasteiger charge is 1.86. The van der Waals surface area contributed by atoms with Crippen LogP contribution < -0.4 is 0 Å². The number of unbranched alkanes of at least 4 members (excludes halogenated alkanes) is 6. The van der Waals surface area contributed by atoms with Crippen molar-refractivity contribution in [3.8, 4) is 0 Å². The Bertz CT molecular complexity index is 162. The average molecular weight is 212 g/mol. The molecule has 0 atom stereocenters. The summed E-state index contributed by atoms with van der Waals surface area (Å²) in [6.07, 6.45) is 12.4. The van der Waals surface area contributed by atoms with E-state index in [1.165, 1.54) is 44.9 Å². The third kappa shape index (κ3) is 24.6. The largest absolute Gasteiger partial charge is 0.478 e. The summed E-state index contributed by atoms with van der Waals surface area (Å²) in [5.41, 5.74) is 0. The molecule has 0 spiro atoms. The minimum absolute atomic E-state index is 0.833. The predicted octanol–water partition coefficient (Wildman–Crippen LogP) is 4.18. The summed E-state index contributed by atoms with van der Waals surface area (Å²) in [6, 6.07) is 0. The molecule has 0 radical (unpaired) electrons. The van der Waals surface area contributed by atoms with Gasteiger partial charge in [0.25, 0.3) is 0 Å². The molecule has 0 amide bonds. The Kier molecular flexibility index (Phi) is 16.8. The molecular weight excluding hydrogens is 188 g/mol. The third-order valence-electron chi connectivity index (χ3n) is 1.94. The summed E-state index contributed by atoms with van der Waals surface area (Å²) in [5.74, 6) is -0.981. The molecule has 2 heteroatoms.